The number of likely N-dealkylation sites (N-methyl/N-ethyl adjacent to an activating group) is 1. The summed E-state index contributed by atoms with van der Waals surface area (Å²) in [4.78, 5) is 15.6. The number of fused-ring (bicyclic) bond motifs is 1. The number of aryl methyl sites for hydroxylation is 1. The molecule has 0 aliphatic heterocycles. The van der Waals surface area contributed by atoms with Crippen LogP contribution < -0.4 is 10.6 Å². The van der Waals surface area contributed by atoms with Crippen molar-refractivity contribution in [1.29, 1.82) is 0 Å². The summed E-state index contributed by atoms with van der Waals surface area (Å²) in [6.07, 6.45) is 0. The number of aromatic nitrogens is 1. The van der Waals surface area contributed by atoms with E-state index in [1.54, 1.807) is 7.05 Å². The van der Waals surface area contributed by atoms with Crippen molar-refractivity contribution < 1.29 is 4.79 Å². The van der Waals surface area contributed by atoms with Crippen molar-refractivity contribution in [2.24, 2.45) is 0 Å². The maximum Gasteiger partial charge on any atom is 0.239 e. The summed E-state index contributed by atoms with van der Waals surface area (Å²) in [7, 11) is 1.61. The number of nitrogens with one attached hydrogen (secondary N) is 2. The van der Waals surface area contributed by atoms with Crippen LogP contribution in [0.1, 0.15) is 5.56 Å². The third kappa shape index (κ3) is 2.53. The summed E-state index contributed by atoms with van der Waals surface area (Å²) in [5, 5.41) is 6.65. The van der Waals surface area contributed by atoms with Gasteiger partial charge in [0.15, 0.2) is 0 Å². The van der Waals surface area contributed by atoms with Crippen molar-refractivity contribution in [1.82, 2.24) is 10.3 Å². The molecule has 0 saturated heterocycles. The molecule has 0 saturated carbocycles. The molecule has 0 fully saturated rings. The predicted octanol–water partition coefficient (Wildman–Crippen LogP) is 1.70. The fraction of sp³-hybridized carbons (Fsp3) is 0.231. The number of hydrogen-bond acceptors (Lipinski definition) is 3. The Morgan fingerprint density at radius 1 is 1.29 bits per heavy atom. The fourth-order valence-electron chi connectivity index (χ4n) is 1.65. The van der Waals surface area contributed by atoms with Gasteiger partial charge in [0.1, 0.15) is 5.82 Å². The first-order chi connectivity index (χ1) is 8.20. The van der Waals surface area contributed by atoms with E-state index in [1.807, 2.05) is 37.3 Å². The second kappa shape index (κ2) is 4.82. The number of hydrogen-bond donors (Lipinski definition) is 2. The largest absolute Gasteiger partial charge is 0.361 e. The molecule has 4 nitrogen and oxygen atoms in total. The zero-order valence-electron chi connectivity index (χ0n) is 9.95. The maximum atomic E-state index is 11.1. The summed E-state index contributed by atoms with van der Waals surface area (Å²) in [5.74, 6) is 0.659. The standard InChI is InChI=1S/C13H15N3O/c1-9-4-3-5-10-6-7-11(16-13(9)10)15-8-12(17)14-2/h3-7H,8H2,1-2H3,(H,14,17)(H,15,16). The van der Waals surface area contributed by atoms with Crippen LogP contribution in [0.2, 0.25) is 0 Å². The Morgan fingerprint density at radius 2 is 2.12 bits per heavy atom. The SMILES string of the molecule is CNC(=O)CNc1ccc2cccc(C)c2n1. The van der Waals surface area contributed by atoms with Crippen molar-refractivity contribution in [3.05, 3.63) is 35.9 Å². The van der Waals surface area contributed by atoms with Gasteiger partial charge in [-0.05, 0) is 24.6 Å². The fourth-order valence-corrected chi connectivity index (χ4v) is 1.65. The molecule has 0 unspecified atom stereocenters. The zero-order chi connectivity index (χ0) is 12.3. The Bertz CT molecular complexity index is 551. The van der Waals surface area contributed by atoms with Crippen molar-refractivity contribution in [2.75, 3.05) is 18.9 Å². The van der Waals surface area contributed by atoms with Crippen molar-refractivity contribution in [3.8, 4) is 0 Å². The normalized spacial score (nSPS) is 10.2. The lowest BCUT2D eigenvalue weighted by molar-refractivity contribution is -0.118. The smallest absolute Gasteiger partial charge is 0.239 e. The lowest BCUT2D eigenvalue weighted by Gasteiger charge is -2.07. The Labute approximate surface area is 100 Å². The third-order valence-corrected chi connectivity index (χ3v) is 2.63. The molecule has 4 heteroatoms. The van der Waals surface area contributed by atoms with Gasteiger partial charge < -0.3 is 10.6 Å². The Morgan fingerprint density at radius 3 is 2.88 bits per heavy atom. The molecule has 17 heavy (non-hydrogen) atoms. The zero-order valence-corrected chi connectivity index (χ0v) is 9.95. The number of carbonyl (C=O) groups is 1. The van der Waals surface area contributed by atoms with E-state index in [-0.39, 0.29) is 12.5 Å². The summed E-state index contributed by atoms with van der Waals surface area (Å²) < 4.78 is 0. The van der Waals surface area contributed by atoms with Gasteiger partial charge in [-0.25, -0.2) is 4.98 Å². The van der Waals surface area contributed by atoms with Crippen LogP contribution in [0, 0.1) is 6.92 Å². The van der Waals surface area contributed by atoms with E-state index in [4.69, 9.17) is 0 Å². The van der Waals surface area contributed by atoms with Gasteiger partial charge in [-0.2, -0.15) is 0 Å². The van der Waals surface area contributed by atoms with E-state index < -0.39 is 0 Å². The molecule has 0 radical (unpaired) electrons. The van der Waals surface area contributed by atoms with Crippen LogP contribution in [0.25, 0.3) is 10.9 Å². The molecule has 1 aromatic carbocycles. The number of benzene rings is 1. The molecular weight excluding hydrogens is 214 g/mol. The Balaban J connectivity index is 2.25. The van der Waals surface area contributed by atoms with Gasteiger partial charge in [0.2, 0.25) is 5.91 Å². The highest BCUT2D eigenvalue weighted by atomic mass is 16.1. The minimum atomic E-state index is -0.0586. The molecule has 2 rings (SSSR count). The highest BCUT2D eigenvalue weighted by Crippen LogP contribution is 2.18. The second-order valence-electron chi connectivity index (χ2n) is 3.87. The van der Waals surface area contributed by atoms with E-state index in [0.29, 0.717) is 0 Å². The van der Waals surface area contributed by atoms with E-state index in [2.05, 4.69) is 15.6 Å². The quantitative estimate of drug-likeness (QED) is 0.842. The highest BCUT2D eigenvalue weighted by molar-refractivity contribution is 5.84. The van der Waals surface area contributed by atoms with Crippen molar-refractivity contribution >= 4 is 22.6 Å². The highest BCUT2D eigenvalue weighted by Gasteiger charge is 2.02. The van der Waals surface area contributed by atoms with E-state index >= 15 is 0 Å². The number of rotatable bonds is 3. The van der Waals surface area contributed by atoms with Crippen LogP contribution in [-0.4, -0.2) is 24.5 Å². The van der Waals surface area contributed by atoms with Gasteiger partial charge in [-0.15, -0.1) is 0 Å². The van der Waals surface area contributed by atoms with Gasteiger partial charge in [0.05, 0.1) is 12.1 Å². The minimum Gasteiger partial charge on any atom is -0.361 e. The lowest BCUT2D eigenvalue weighted by atomic mass is 10.1. The molecule has 2 aromatic rings. The maximum absolute atomic E-state index is 11.1. The summed E-state index contributed by atoms with van der Waals surface area (Å²) in [6.45, 7) is 2.26. The number of para-hydroxylation sites is 1. The number of anilines is 1. The molecule has 2 N–H and O–H groups in total. The average molecular weight is 229 g/mol. The van der Waals surface area contributed by atoms with Gasteiger partial charge in [-0.1, -0.05) is 18.2 Å². The van der Waals surface area contributed by atoms with Crippen LogP contribution in [0.3, 0.4) is 0 Å². The lowest BCUT2D eigenvalue weighted by Crippen LogP contribution is -2.26. The summed E-state index contributed by atoms with van der Waals surface area (Å²) >= 11 is 0. The molecule has 0 aliphatic carbocycles. The van der Waals surface area contributed by atoms with E-state index in [9.17, 15) is 4.79 Å². The molecule has 88 valence electrons. The second-order valence-corrected chi connectivity index (χ2v) is 3.87. The third-order valence-electron chi connectivity index (χ3n) is 2.63. The van der Waals surface area contributed by atoms with Crippen molar-refractivity contribution in [2.45, 2.75) is 6.92 Å². The van der Waals surface area contributed by atoms with Gasteiger partial charge in [0, 0.05) is 12.4 Å². The predicted molar refractivity (Wildman–Crippen MR) is 69.0 cm³/mol. The number of nitrogens with zero attached hydrogens (tertiary/aromatic N) is 1. The molecule has 0 aliphatic rings. The molecule has 1 heterocycles. The van der Waals surface area contributed by atoms with E-state index in [1.165, 1.54) is 0 Å². The number of amides is 1. The van der Waals surface area contributed by atoms with Crippen LogP contribution in [-0.2, 0) is 4.79 Å². The first kappa shape index (κ1) is 11.4. The Hall–Kier alpha value is -2.10. The van der Waals surface area contributed by atoms with Crippen molar-refractivity contribution in [3.63, 3.8) is 0 Å². The van der Waals surface area contributed by atoms with Crippen LogP contribution in [0.4, 0.5) is 5.82 Å². The van der Waals surface area contributed by atoms with Gasteiger partial charge in [-0.3, -0.25) is 4.79 Å². The molecule has 0 bridgehead atoms. The van der Waals surface area contributed by atoms with Gasteiger partial charge >= 0.3 is 0 Å². The van der Waals surface area contributed by atoms with E-state index in [0.717, 1.165) is 22.3 Å². The van der Waals surface area contributed by atoms with Crippen LogP contribution in [0.15, 0.2) is 30.3 Å². The molecule has 1 amide bonds. The Kier molecular flexibility index (Phi) is 3.23. The van der Waals surface area contributed by atoms with Gasteiger partial charge in [0.25, 0.3) is 0 Å². The first-order valence-electron chi connectivity index (χ1n) is 5.51. The molecule has 1 aromatic heterocycles. The summed E-state index contributed by atoms with van der Waals surface area (Å²) in [6, 6.07) is 9.94. The topological polar surface area (TPSA) is 54.0 Å². The molecule has 0 spiro atoms. The molecule has 0 atom stereocenters. The number of pyridine rings is 1. The minimum absolute atomic E-state index is 0.0586. The monoisotopic (exact) mass is 229 g/mol. The first-order valence-corrected chi connectivity index (χ1v) is 5.51. The number of carbonyl (C=O) groups excluding carboxylic acids is 1. The average Bonchev–Trinajstić information content (AvgIpc) is 2.36. The summed E-state index contributed by atoms with van der Waals surface area (Å²) in [5.41, 5.74) is 2.10. The van der Waals surface area contributed by atoms with Crippen LogP contribution >= 0.6 is 0 Å². The molecular formula is C13H15N3O. The van der Waals surface area contributed by atoms with Crippen LogP contribution in [0.5, 0.6) is 0 Å².